The van der Waals surface area contributed by atoms with E-state index < -0.39 is 45.6 Å². The number of nitrogens with zero attached hydrogens (tertiary/aromatic N) is 2. The second kappa shape index (κ2) is 8.68. The Labute approximate surface area is 219 Å². The molecule has 2 aliphatic heterocycles. The van der Waals surface area contributed by atoms with Gasteiger partial charge in [-0.3, -0.25) is 5.10 Å². The zero-order chi connectivity index (χ0) is 27.7. The first kappa shape index (κ1) is 25.6. The Morgan fingerprint density at radius 1 is 0.795 bits per heavy atom. The van der Waals surface area contributed by atoms with Gasteiger partial charge in [0.05, 0.1) is 34.3 Å². The maximum Gasteiger partial charge on any atom is 0.416 e. The van der Waals surface area contributed by atoms with Crippen molar-refractivity contribution in [3.05, 3.63) is 106 Å². The third-order valence-corrected chi connectivity index (χ3v) is 9.28. The van der Waals surface area contributed by atoms with Crippen LogP contribution < -0.4 is 0 Å². The Balaban J connectivity index is 1.48. The number of hydrogen-bond acceptors (Lipinski definition) is 3. The van der Waals surface area contributed by atoms with Crippen molar-refractivity contribution in [1.82, 2.24) is 14.5 Å². The van der Waals surface area contributed by atoms with E-state index in [-0.39, 0.29) is 17.7 Å². The van der Waals surface area contributed by atoms with Crippen molar-refractivity contribution >= 4 is 10.0 Å². The van der Waals surface area contributed by atoms with Gasteiger partial charge in [-0.05, 0) is 65.1 Å². The van der Waals surface area contributed by atoms with Crippen molar-refractivity contribution in [2.24, 2.45) is 0 Å². The summed E-state index contributed by atoms with van der Waals surface area (Å²) in [5.74, 6) is 0. The summed E-state index contributed by atoms with van der Waals surface area (Å²) in [7, 11) is -4.27. The maximum atomic E-state index is 13.9. The van der Waals surface area contributed by atoms with Crippen molar-refractivity contribution in [3.8, 4) is 11.1 Å². The van der Waals surface area contributed by atoms with E-state index in [2.05, 4.69) is 10.2 Å². The van der Waals surface area contributed by atoms with Gasteiger partial charge >= 0.3 is 12.4 Å². The summed E-state index contributed by atoms with van der Waals surface area (Å²) in [4.78, 5) is -0.282. The van der Waals surface area contributed by atoms with Crippen molar-refractivity contribution in [2.75, 3.05) is 0 Å². The van der Waals surface area contributed by atoms with Crippen LogP contribution in [0.15, 0.2) is 77.8 Å². The van der Waals surface area contributed by atoms with Gasteiger partial charge in [0.1, 0.15) is 0 Å². The zero-order valence-electron chi connectivity index (χ0n) is 19.9. The normalized spacial score (nSPS) is 19.4. The summed E-state index contributed by atoms with van der Waals surface area (Å²) in [5.41, 5.74) is 1.85. The highest BCUT2D eigenvalue weighted by atomic mass is 32.2. The first-order valence-electron chi connectivity index (χ1n) is 11.9. The number of rotatable bonds is 3. The van der Waals surface area contributed by atoms with Crippen LogP contribution >= 0.6 is 0 Å². The summed E-state index contributed by atoms with van der Waals surface area (Å²) in [5, 5.41) is 6.98. The molecule has 3 aromatic carbocycles. The largest absolute Gasteiger partial charge is 0.416 e. The number of sulfonamides is 1. The number of benzene rings is 3. The molecule has 0 saturated heterocycles. The lowest BCUT2D eigenvalue weighted by atomic mass is 9.78. The highest BCUT2D eigenvalue weighted by molar-refractivity contribution is 7.89. The van der Waals surface area contributed by atoms with Gasteiger partial charge in [0, 0.05) is 17.7 Å². The second-order valence-corrected chi connectivity index (χ2v) is 11.4. The number of alkyl halides is 6. The lowest BCUT2D eigenvalue weighted by Gasteiger charge is -2.45. The Morgan fingerprint density at radius 3 is 2.15 bits per heavy atom. The summed E-state index contributed by atoms with van der Waals surface area (Å²) < 4.78 is 109. The number of nitrogens with one attached hydrogen (secondary N) is 1. The molecule has 2 unspecified atom stereocenters. The fourth-order valence-electron chi connectivity index (χ4n) is 5.60. The lowest BCUT2D eigenvalue weighted by Crippen LogP contribution is -2.46. The molecule has 0 fully saturated rings. The molecule has 6 rings (SSSR count). The molecular weight excluding hydrogens is 544 g/mol. The molecule has 39 heavy (non-hydrogen) atoms. The number of halogens is 6. The molecule has 1 aromatic heterocycles. The van der Waals surface area contributed by atoms with E-state index >= 15 is 0 Å². The highest BCUT2D eigenvalue weighted by Gasteiger charge is 2.48. The Hall–Kier alpha value is -3.64. The molecule has 12 heteroatoms. The van der Waals surface area contributed by atoms with Gasteiger partial charge in [0.2, 0.25) is 10.0 Å². The first-order valence-corrected chi connectivity index (χ1v) is 13.3. The minimum Gasteiger partial charge on any atom is -0.282 e. The summed E-state index contributed by atoms with van der Waals surface area (Å²) >= 11 is 0. The molecule has 0 spiro atoms. The van der Waals surface area contributed by atoms with Crippen LogP contribution in [0.25, 0.3) is 11.1 Å². The van der Waals surface area contributed by atoms with E-state index in [4.69, 9.17) is 0 Å². The van der Waals surface area contributed by atoms with E-state index in [0.29, 0.717) is 22.3 Å². The molecule has 2 atom stereocenters. The molecule has 5 nitrogen and oxygen atoms in total. The topological polar surface area (TPSA) is 66.1 Å². The van der Waals surface area contributed by atoms with E-state index in [1.807, 2.05) is 0 Å². The molecule has 4 aromatic rings. The van der Waals surface area contributed by atoms with Crippen LogP contribution in [0, 0.1) is 0 Å². The van der Waals surface area contributed by atoms with E-state index in [1.165, 1.54) is 16.6 Å². The van der Waals surface area contributed by atoms with E-state index in [9.17, 15) is 34.8 Å². The monoisotopic (exact) mass is 563 g/mol. The number of fused-ring (bicyclic) bond motifs is 6. The van der Waals surface area contributed by atoms with Crippen molar-refractivity contribution in [3.63, 3.8) is 0 Å². The molecule has 202 valence electrons. The molecule has 0 amide bonds. The average Bonchev–Trinajstić information content (AvgIpc) is 3.36. The molecule has 3 heterocycles. The van der Waals surface area contributed by atoms with Crippen LogP contribution in [0.1, 0.15) is 45.6 Å². The number of aromatic nitrogens is 2. The number of hydrogen-bond donors (Lipinski definition) is 1. The number of H-pyrrole nitrogens is 1. The Kier molecular flexibility index (Phi) is 5.71. The smallest absolute Gasteiger partial charge is 0.282 e. The molecular formula is C27H19F6N3O2S. The van der Waals surface area contributed by atoms with Gasteiger partial charge < -0.3 is 0 Å². The first-order chi connectivity index (χ1) is 18.4. The predicted octanol–water partition coefficient (Wildman–Crippen LogP) is 6.70. The van der Waals surface area contributed by atoms with Crippen LogP contribution in [-0.2, 0) is 35.2 Å². The van der Waals surface area contributed by atoms with Gasteiger partial charge in [0.15, 0.2) is 0 Å². The molecule has 2 aliphatic rings. The summed E-state index contributed by atoms with van der Waals surface area (Å²) in [6.45, 7) is 0. The summed E-state index contributed by atoms with van der Waals surface area (Å²) in [6, 6.07) is 11.9. The Morgan fingerprint density at radius 2 is 1.46 bits per heavy atom. The minimum absolute atomic E-state index is 0.144. The van der Waals surface area contributed by atoms with Crippen molar-refractivity contribution in [2.45, 2.75) is 42.2 Å². The van der Waals surface area contributed by atoms with Crippen LogP contribution in [0.3, 0.4) is 0 Å². The quantitative estimate of drug-likeness (QED) is 0.282. The predicted molar refractivity (Wildman–Crippen MR) is 129 cm³/mol. The van der Waals surface area contributed by atoms with Gasteiger partial charge in [-0.15, -0.1) is 0 Å². The minimum atomic E-state index is -4.62. The van der Waals surface area contributed by atoms with E-state index in [0.717, 1.165) is 47.7 Å². The van der Waals surface area contributed by atoms with Gasteiger partial charge in [0.25, 0.3) is 0 Å². The molecule has 0 aliphatic carbocycles. The van der Waals surface area contributed by atoms with Crippen LogP contribution in [-0.4, -0.2) is 22.9 Å². The van der Waals surface area contributed by atoms with Gasteiger partial charge in [-0.25, -0.2) is 8.42 Å². The molecule has 1 N–H and O–H groups in total. The second-order valence-electron chi connectivity index (χ2n) is 9.55. The zero-order valence-corrected chi connectivity index (χ0v) is 20.7. The van der Waals surface area contributed by atoms with Crippen LogP contribution in [0.2, 0.25) is 0 Å². The fourth-order valence-corrected chi connectivity index (χ4v) is 7.37. The fraction of sp³-hybridized carbons (Fsp3) is 0.222. The Bertz CT molecular complexity index is 1680. The highest BCUT2D eigenvalue weighted by Crippen LogP contribution is 2.51. The standard InChI is InChI=1S/C27H19F6N3O2S/c28-26(29,30)16-7-9-18(10-8-16)39(37,38)36-24-12-21-19(15-3-1-4-17(11-15)27(31,32)33)5-2-6-20(21)25(36)13-23-22(24)14-34-35-23/h1-11,14,24-25H,12-13H2,(H,34,35). The molecule has 0 radical (unpaired) electrons. The summed E-state index contributed by atoms with van der Waals surface area (Å²) in [6.07, 6.45) is -7.27. The third-order valence-electron chi connectivity index (χ3n) is 7.35. The average molecular weight is 564 g/mol. The maximum absolute atomic E-state index is 13.9. The van der Waals surface area contributed by atoms with Gasteiger partial charge in [-0.2, -0.15) is 35.7 Å². The van der Waals surface area contributed by atoms with Crippen LogP contribution in [0.4, 0.5) is 26.3 Å². The third kappa shape index (κ3) is 4.22. The van der Waals surface area contributed by atoms with Gasteiger partial charge in [-0.1, -0.05) is 30.3 Å². The molecule has 0 saturated carbocycles. The number of aromatic amines is 1. The lowest BCUT2D eigenvalue weighted by molar-refractivity contribution is -0.138. The van der Waals surface area contributed by atoms with Crippen molar-refractivity contribution in [1.29, 1.82) is 0 Å². The van der Waals surface area contributed by atoms with E-state index in [1.54, 1.807) is 24.3 Å². The van der Waals surface area contributed by atoms with Crippen LogP contribution in [0.5, 0.6) is 0 Å². The van der Waals surface area contributed by atoms with Crippen molar-refractivity contribution < 1.29 is 34.8 Å². The molecule has 2 bridgehead atoms. The SMILES string of the molecule is O=S(=O)(c1ccc(C(F)(F)F)cc1)N1C2Cc3c(-c4cccc(C(F)(F)F)c4)cccc3C1Cc1[nH]ncc12.